The van der Waals surface area contributed by atoms with Gasteiger partial charge in [0, 0.05) is 12.1 Å². The minimum absolute atomic E-state index is 0.0243. The minimum atomic E-state index is -1.35. The van der Waals surface area contributed by atoms with E-state index in [4.69, 9.17) is 0 Å². The van der Waals surface area contributed by atoms with Crippen molar-refractivity contribution in [2.24, 2.45) is 0 Å². The summed E-state index contributed by atoms with van der Waals surface area (Å²) in [6, 6.07) is 17.8. The zero-order valence-corrected chi connectivity index (χ0v) is 18.7. The van der Waals surface area contributed by atoms with Gasteiger partial charge in [0.2, 0.25) is 5.91 Å². The monoisotopic (exact) mass is 421 g/mol. The smallest absolute Gasteiger partial charge is 0.326 e. The van der Waals surface area contributed by atoms with Gasteiger partial charge < -0.3 is 10.2 Å². The molecule has 1 aliphatic heterocycles. The summed E-state index contributed by atoms with van der Waals surface area (Å²) in [6.45, 7) is 7.76. The highest BCUT2D eigenvalue weighted by Crippen LogP contribution is 2.36. The SMILES string of the molecule is CC[C@@H](C)N(C(=O)CN1C(=O)NC(c2ccccc2)(c2ccccc2)C1=O)[C@H](C)CC. The molecule has 2 aromatic carbocycles. The van der Waals surface area contributed by atoms with Crippen LogP contribution in [0.25, 0.3) is 0 Å². The number of nitrogens with zero attached hydrogens (tertiary/aromatic N) is 2. The fourth-order valence-corrected chi connectivity index (χ4v) is 4.19. The number of carbonyl (C=O) groups excluding carboxylic acids is 3. The number of imide groups is 1. The first-order chi connectivity index (χ1) is 14.9. The van der Waals surface area contributed by atoms with Crippen LogP contribution in [-0.4, -0.2) is 46.3 Å². The van der Waals surface area contributed by atoms with E-state index >= 15 is 0 Å². The molecule has 0 aliphatic carbocycles. The number of urea groups is 1. The second kappa shape index (κ2) is 9.33. The van der Waals surface area contributed by atoms with Gasteiger partial charge in [-0.1, -0.05) is 74.5 Å². The van der Waals surface area contributed by atoms with Crippen LogP contribution in [0.5, 0.6) is 0 Å². The van der Waals surface area contributed by atoms with Gasteiger partial charge in [-0.3, -0.25) is 14.5 Å². The van der Waals surface area contributed by atoms with Crippen LogP contribution in [0.2, 0.25) is 0 Å². The first kappa shape index (κ1) is 22.5. The third kappa shape index (κ3) is 4.07. The maximum Gasteiger partial charge on any atom is 0.326 e. The Labute approximate surface area is 184 Å². The molecule has 1 heterocycles. The number of benzene rings is 2. The van der Waals surface area contributed by atoms with Gasteiger partial charge in [-0.15, -0.1) is 0 Å². The Balaban J connectivity index is 1.98. The first-order valence-corrected chi connectivity index (χ1v) is 10.9. The topological polar surface area (TPSA) is 69.7 Å². The summed E-state index contributed by atoms with van der Waals surface area (Å²) in [6.07, 6.45) is 1.60. The van der Waals surface area contributed by atoms with Gasteiger partial charge in [0.25, 0.3) is 5.91 Å². The van der Waals surface area contributed by atoms with Gasteiger partial charge in [-0.2, -0.15) is 0 Å². The number of rotatable bonds is 8. The number of hydrogen-bond acceptors (Lipinski definition) is 3. The predicted molar refractivity (Wildman–Crippen MR) is 120 cm³/mol. The lowest BCUT2D eigenvalue weighted by Crippen LogP contribution is -2.50. The third-order valence-corrected chi connectivity index (χ3v) is 6.23. The van der Waals surface area contributed by atoms with E-state index in [1.54, 1.807) is 4.90 Å². The maximum absolute atomic E-state index is 13.7. The van der Waals surface area contributed by atoms with Crippen molar-refractivity contribution in [2.75, 3.05) is 6.54 Å². The van der Waals surface area contributed by atoms with Crippen molar-refractivity contribution >= 4 is 17.8 Å². The quantitative estimate of drug-likeness (QED) is 0.657. The molecule has 1 aliphatic rings. The average molecular weight is 422 g/mol. The molecular weight excluding hydrogens is 390 g/mol. The molecule has 0 unspecified atom stereocenters. The number of hydrogen-bond donors (Lipinski definition) is 1. The van der Waals surface area contributed by atoms with Gasteiger partial charge in [0.15, 0.2) is 5.54 Å². The molecule has 1 saturated heterocycles. The van der Waals surface area contributed by atoms with Gasteiger partial charge in [0.1, 0.15) is 6.54 Å². The highest BCUT2D eigenvalue weighted by atomic mass is 16.2. The summed E-state index contributed by atoms with van der Waals surface area (Å²) >= 11 is 0. The van der Waals surface area contributed by atoms with E-state index in [0.717, 1.165) is 17.7 Å². The third-order valence-electron chi connectivity index (χ3n) is 6.23. The molecule has 0 radical (unpaired) electrons. The van der Waals surface area contributed by atoms with E-state index in [0.29, 0.717) is 11.1 Å². The van der Waals surface area contributed by atoms with Crippen LogP contribution in [0.15, 0.2) is 60.7 Å². The van der Waals surface area contributed by atoms with Crippen molar-refractivity contribution in [3.8, 4) is 0 Å². The Morgan fingerprint density at radius 3 is 1.77 bits per heavy atom. The first-order valence-electron chi connectivity index (χ1n) is 10.9. The second-order valence-corrected chi connectivity index (χ2v) is 8.12. The van der Waals surface area contributed by atoms with Gasteiger partial charge in [-0.05, 0) is 37.8 Å². The molecule has 0 aromatic heterocycles. The van der Waals surface area contributed by atoms with Crippen LogP contribution < -0.4 is 5.32 Å². The van der Waals surface area contributed by atoms with Gasteiger partial charge in [-0.25, -0.2) is 4.79 Å². The Kier molecular flexibility index (Phi) is 6.78. The minimum Gasteiger partial charge on any atom is -0.336 e. The molecule has 0 saturated carbocycles. The van der Waals surface area contributed by atoms with E-state index in [1.807, 2.05) is 88.4 Å². The molecule has 3 rings (SSSR count). The summed E-state index contributed by atoms with van der Waals surface area (Å²) in [4.78, 5) is 42.8. The molecule has 1 N–H and O–H groups in total. The normalized spacial score (nSPS) is 17.2. The highest BCUT2D eigenvalue weighted by molar-refractivity contribution is 6.11. The molecule has 1 fully saturated rings. The van der Waals surface area contributed by atoms with Crippen LogP contribution in [-0.2, 0) is 15.1 Å². The molecule has 0 spiro atoms. The number of carbonyl (C=O) groups is 3. The molecule has 164 valence electrons. The average Bonchev–Trinajstić information content (AvgIpc) is 3.05. The fraction of sp³-hybridized carbons (Fsp3) is 0.400. The van der Waals surface area contributed by atoms with Crippen LogP contribution in [0.4, 0.5) is 4.79 Å². The lowest BCUT2D eigenvalue weighted by atomic mass is 9.82. The van der Waals surface area contributed by atoms with Crippen molar-refractivity contribution < 1.29 is 14.4 Å². The maximum atomic E-state index is 13.7. The molecular formula is C25H31N3O3. The largest absolute Gasteiger partial charge is 0.336 e. The summed E-state index contributed by atoms with van der Waals surface area (Å²) in [7, 11) is 0. The Morgan fingerprint density at radius 1 is 0.903 bits per heavy atom. The molecule has 2 aromatic rings. The van der Waals surface area contributed by atoms with E-state index in [2.05, 4.69) is 5.32 Å². The Hall–Kier alpha value is -3.15. The molecule has 6 heteroatoms. The Morgan fingerprint density at radius 2 is 1.35 bits per heavy atom. The van der Waals surface area contributed by atoms with Crippen molar-refractivity contribution in [1.82, 2.24) is 15.1 Å². The van der Waals surface area contributed by atoms with E-state index in [1.165, 1.54) is 0 Å². The number of amides is 4. The molecule has 2 atom stereocenters. The summed E-state index contributed by atoms with van der Waals surface area (Å²) in [5, 5.41) is 2.90. The molecule has 4 amide bonds. The highest BCUT2D eigenvalue weighted by Gasteiger charge is 2.54. The standard InChI is InChI=1S/C25H31N3O3/c1-5-18(3)28(19(4)6-2)22(29)17-27-23(30)25(26-24(27)31,20-13-9-7-10-14-20)21-15-11-8-12-16-21/h7-16,18-19H,5-6,17H2,1-4H3,(H,26,31)/t18-,19-/m1/s1. The van der Waals surface area contributed by atoms with E-state index in [-0.39, 0.29) is 24.5 Å². The fourth-order valence-electron chi connectivity index (χ4n) is 4.19. The van der Waals surface area contributed by atoms with Crippen LogP contribution in [0, 0.1) is 0 Å². The summed E-state index contributed by atoms with van der Waals surface area (Å²) < 4.78 is 0. The van der Waals surface area contributed by atoms with Crippen LogP contribution in [0.1, 0.15) is 51.7 Å². The van der Waals surface area contributed by atoms with Gasteiger partial charge >= 0.3 is 6.03 Å². The Bertz CT molecular complexity index is 880. The summed E-state index contributed by atoms with van der Waals surface area (Å²) in [5.74, 6) is -0.652. The molecule has 6 nitrogen and oxygen atoms in total. The lowest BCUT2D eigenvalue weighted by molar-refractivity contribution is -0.141. The van der Waals surface area contributed by atoms with Crippen molar-refractivity contribution in [1.29, 1.82) is 0 Å². The zero-order chi connectivity index (χ0) is 22.6. The van der Waals surface area contributed by atoms with Crippen molar-refractivity contribution in [3.05, 3.63) is 71.8 Å². The molecule has 31 heavy (non-hydrogen) atoms. The number of nitrogens with one attached hydrogen (secondary N) is 1. The van der Waals surface area contributed by atoms with Crippen molar-refractivity contribution in [2.45, 2.75) is 58.2 Å². The predicted octanol–water partition coefficient (Wildman–Crippen LogP) is 3.91. The van der Waals surface area contributed by atoms with E-state index < -0.39 is 17.5 Å². The van der Waals surface area contributed by atoms with E-state index in [9.17, 15) is 14.4 Å². The van der Waals surface area contributed by atoms with Crippen molar-refractivity contribution in [3.63, 3.8) is 0 Å². The lowest BCUT2D eigenvalue weighted by Gasteiger charge is -2.35. The molecule has 0 bridgehead atoms. The zero-order valence-electron chi connectivity index (χ0n) is 18.7. The van der Waals surface area contributed by atoms with Crippen LogP contribution in [0.3, 0.4) is 0 Å². The second-order valence-electron chi connectivity index (χ2n) is 8.12. The summed E-state index contributed by atoms with van der Waals surface area (Å²) in [5.41, 5.74) is -0.0253. The van der Waals surface area contributed by atoms with Crippen LogP contribution >= 0.6 is 0 Å². The van der Waals surface area contributed by atoms with Gasteiger partial charge in [0.05, 0.1) is 0 Å².